The van der Waals surface area contributed by atoms with E-state index in [1.54, 1.807) is 11.3 Å². The predicted molar refractivity (Wildman–Crippen MR) is 82.7 cm³/mol. The summed E-state index contributed by atoms with van der Waals surface area (Å²) in [5, 5.41) is 3.28. The molecule has 3 heteroatoms. The number of thiazole rings is 1. The Bertz CT molecular complexity index is 514. The molecule has 0 spiro atoms. The molecule has 2 nitrogen and oxygen atoms in total. The van der Waals surface area contributed by atoms with Gasteiger partial charge in [-0.05, 0) is 23.5 Å². The zero-order valence-electron chi connectivity index (χ0n) is 11.9. The first-order valence-corrected chi connectivity index (χ1v) is 7.76. The van der Waals surface area contributed by atoms with Gasteiger partial charge in [-0.3, -0.25) is 0 Å². The molecule has 2 N–H and O–H groups in total. The van der Waals surface area contributed by atoms with E-state index >= 15 is 0 Å². The Morgan fingerprint density at radius 2 is 1.89 bits per heavy atom. The normalized spacial score (nSPS) is 12.9. The molecule has 1 aromatic heterocycles. The van der Waals surface area contributed by atoms with E-state index in [0.717, 1.165) is 17.8 Å². The van der Waals surface area contributed by atoms with Crippen molar-refractivity contribution >= 4 is 11.3 Å². The van der Waals surface area contributed by atoms with E-state index in [9.17, 15) is 0 Å². The summed E-state index contributed by atoms with van der Waals surface area (Å²) in [4.78, 5) is 4.65. The van der Waals surface area contributed by atoms with Gasteiger partial charge in [-0.1, -0.05) is 45.0 Å². The average molecular weight is 274 g/mol. The summed E-state index contributed by atoms with van der Waals surface area (Å²) in [7, 11) is 0. The second kappa shape index (κ2) is 6.31. The molecule has 1 atom stereocenters. The monoisotopic (exact) mass is 274 g/mol. The Hall–Kier alpha value is -1.19. The lowest BCUT2D eigenvalue weighted by Crippen LogP contribution is -2.13. The molecule has 0 saturated heterocycles. The molecule has 1 heterocycles. The van der Waals surface area contributed by atoms with Gasteiger partial charge >= 0.3 is 0 Å². The molecule has 0 radical (unpaired) electrons. The van der Waals surface area contributed by atoms with Crippen LogP contribution in [0.2, 0.25) is 0 Å². The first-order valence-electron chi connectivity index (χ1n) is 6.88. The van der Waals surface area contributed by atoms with Gasteiger partial charge in [0.05, 0.1) is 10.7 Å². The van der Waals surface area contributed by atoms with Gasteiger partial charge in [0.15, 0.2) is 0 Å². The molecule has 1 unspecified atom stereocenters. The highest BCUT2D eigenvalue weighted by Crippen LogP contribution is 2.22. The van der Waals surface area contributed by atoms with Crippen molar-refractivity contribution < 1.29 is 0 Å². The molecule has 0 aliphatic rings. The smallest absolute Gasteiger partial charge is 0.0947 e. The molecule has 0 fully saturated rings. The fraction of sp³-hybridized carbons (Fsp3) is 0.438. The van der Waals surface area contributed by atoms with Gasteiger partial charge in [0.2, 0.25) is 0 Å². The Balaban J connectivity index is 2.04. The lowest BCUT2D eigenvalue weighted by Gasteiger charge is -2.11. The van der Waals surface area contributed by atoms with Crippen molar-refractivity contribution in [3.8, 4) is 0 Å². The number of aromatic nitrogens is 1. The Kier molecular flexibility index (Phi) is 4.72. The SMILES string of the molecule is CCc1ccc(C(N)Cc2nc(C(C)C)cs2)cc1. The minimum atomic E-state index is 0.0390. The Morgan fingerprint density at radius 3 is 2.42 bits per heavy atom. The van der Waals surface area contributed by atoms with E-state index < -0.39 is 0 Å². The van der Waals surface area contributed by atoms with E-state index in [1.807, 2.05) is 0 Å². The molecule has 102 valence electrons. The van der Waals surface area contributed by atoms with Crippen LogP contribution in [-0.4, -0.2) is 4.98 Å². The van der Waals surface area contributed by atoms with Gasteiger partial charge in [-0.2, -0.15) is 0 Å². The summed E-state index contributed by atoms with van der Waals surface area (Å²) in [6.07, 6.45) is 1.89. The Morgan fingerprint density at radius 1 is 1.21 bits per heavy atom. The van der Waals surface area contributed by atoms with Crippen molar-refractivity contribution in [1.82, 2.24) is 4.98 Å². The topological polar surface area (TPSA) is 38.9 Å². The predicted octanol–water partition coefficient (Wildman–Crippen LogP) is 4.07. The summed E-state index contributed by atoms with van der Waals surface area (Å²) in [6.45, 7) is 6.50. The number of nitrogens with zero attached hydrogens (tertiary/aromatic N) is 1. The van der Waals surface area contributed by atoms with E-state index in [2.05, 4.69) is 55.4 Å². The van der Waals surface area contributed by atoms with Crippen LogP contribution in [0.15, 0.2) is 29.6 Å². The van der Waals surface area contributed by atoms with Crippen LogP contribution in [0.4, 0.5) is 0 Å². The third-order valence-corrected chi connectivity index (χ3v) is 4.26. The largest absolute Gasteiger partial charge is 0.324 e. The fourth-order valence-corrected chi connectivity index (χ4v) is 3.01. The average Bonchev–Trinajstić information content (AvgIpc) is 2.87. The molecule has 1 aromatic carbocycles. The van der Waals surface area contributed by atoms with Crippen LogP contribution in [0.1, 0.15) is 54.6 Å². The number of benzene rings is 1. The first kappa shape index (κ1) is 14.2. The molecule has 0 amide bonds. The molecule has 2 aromatic rings. The van der Waals surface area contributed by atoms with Gasteiger partial charge < -0.3 is 5.73 Å². The quantitative estimate of drug-likeness (QED) is 0.892. The lowest BCUT2D eigenvalue weighted by atomic mass is 10.0. The minimum Gasteiger partial charge on any atom is -0.324 e. The van der Waals surface area contributed by atoms with Crippen molar-refractivity contribution in [2.45, 2.75) is 45.6 Å². The number of nitrogens with two attached hydrogens (primary N) is 1. The highest BCUT2D eigenvalue weighted by Gasteiger charge is 2.11. The number of rotatable bonds is 5. The van der Waals surface area contributed by atoms with Crippen LogP contribution in [0, 0.1) is 0 Å². The maximum atomic E-state index is 6.27. The first-order chi connectivity index (χ1) is 9.10. The van der Waals surface area contributed by atoms with Crippen molar-refractivity contribution in [3.05, 3.63) is 51.5 Å². The zero-order valence-corrected chi connectivity index (χ0v) is 12.7. The van der Waals surface area contributed by atoms with Crippen LogP contribution in [0.3, 0.4) is 0 Å². The van der Waals surface area contributed by atoms with E-state index in [-0.39, 0.29) is 6.04 Å². The molecule has 0 saturated carbocycles. The Labute approximate surface area is 119 Å². The highest BCUT2D eigenvalue weighted by atomic mass is 32.1. The molecule has 0 aliphatic heterocycles. The van der Waals surface area contributed by atoms with Crippen LogP contribution >= 0.6 is 11.3 Å². The molecular weight excluding hydrogens is 252 g/mol. The number of hydrogen-bond donors (Lipinski definition) is 1. The lowest BCUT2D eigenvalue weighted by molar-refractivity contribution is 0.710. The highest BCUT2D eigenvalue weighted by molar-refractivity contribution is 7.09. The van der Waals surface area contributed by atoms with Crippen molar-refractivity contribution in [1.29, 1.82) is 0 Å². The van der Waals surface area contributed by atoms with E-state index in [1.165, 1.54) is 16.8 Å². The van der Waals surface area contributed by atoms with E-state index in [0.29, 0.717) is 5.92 Å². The van der Waals surface area contributed by atoms with Crippen LogP contribution in [0.5, 0.6) is 0 Å². The summed E-state index contributed by atoms with van der Waals surface area (Å²) in [6, 6.07) is 8.64. The van der Waals surface area contributed by atoms with Gasteiger partial charge in [0, 0.05) is 17.8 Å². The summed E-state index contributed by atoms with van der Waals surface area (Å²) < 4.78 is 0. The molecule has 0 bridgehead atoms. The van der Waals surface area contributed by atoms with Gasteiger partial charge in [-0.25, -0.2) is 4.98 Å². The van der Waals surface area contributed by atoms with E-state index in [4.69, 9.17) is 5.73 Å². The summed E-state index contributed by atoms with van der Waals surface area (Å²) in [5.74, 6) is 0.491. The van der Waals surface area contributed by atoms with Crippen LogP contribution in [0.25, 0.3) is 0 Å². The van der Waals surface area contributed by atoms with Crippen molar-refractivity contribution in [2.24, 2.45) is 5.73 Å². The number of aryl methyl sites for hydroxylation is 1. The van der Waals surface area contributed by atoms with Crippen LogP contribution < -0.4 is 5.73 Å². The second-order valence-corrected chi connectivity index (χ2v) is 6.17. The van der Waals surface area contributed by atoms with Crippen molar-refractivity contribution in [2.75, 3.05) is 0 Å². The van der Waals surface area contributed by atoms with Gasteiger partial charge in [0.25, 0.3) is 0 Å². The van der Waals surface area contributed by atoms with Crippen molar-refractivity contribution in [3.63, 3.8) is 0 Å². The number of hydrogen-bond acceptors (Lipinski definition) is 3. The van der Waals surface area contributed by atoms with Crippen LogP contribution in [-0.2, 0) is 12.8 Å². The van der Waals surface area contributed by atoms with Gasteiger partial charge in [-0.15, -0.1) is 11.3 Å². The third-order valence-electron chi connectivity index (χ3n) is 3.37. The molecule has 0 aliphatic carbocycles. The maximum Gasteiger partial charge on any atom is 0.0947 e. The second-order valence-electron chi connectivity index (χ2n) is 5.23. The summed E-state index contributed by atoms with van der Waals surface area (Å²) in [5.41, 5.74) is 9.99. The van der Waals surface area contributed by atoms with Gasteiger partial charge in [0.1, 0.15) is 0 Å². The minimum absolute atomic E-state index is 0.0390. The molecular formula is C16H22N2S. The molecule has 19 heavy (non-hydrogen) atoms. The maximum absolute atomic E-state index is 6.27. The fourth-order valence-electron chi connectivity index (χ4n) is 1.99. The molecule has 2 rings (SSSR count). The standard InChI is InChI=1S/C16H22N2S/c1-4-12-5-7-13(8-6-12)14(17)9-16-18-15(10-19-16)11(2)3/h5-8,10-11,14H,4,9,17H2,1-3H3. The third kappa shape index (κ3) is 3.64. The summed E-state index contributed by atoms with van der Waals surface area (Å²) >= 11 is 1.72. The zero-order chi connectivity index (χ0) is 13.8.